The van der Waals surface area contributed by atoms with Crippen LogP contribution in [0.15, 0.2) is 12.2 Å². The lowest BCUT2D eigenvalue weighted by molar-refractivity contribution is 0.0228. The summed E-state index contributed by atoms with van der Waals surface area (Å²) in [5.41, 5.74) is -0.415. The van der Waals surface area contributed by atoms with Gasteiger partial charge in [-0.2, -0.15) is 0 Å². The van der Waals surface area contributed by atoms with Crippen LogP contribution in [-0.2, 0) is 4.74 Å². The molecule has 1 heterocycles. The van der Waals surface area contributed by atoms with Crippen molar-refractivity contribution < 1.29 is 9.53 Å². The van der Waals surface area contributed by atoms with Gasteiger partial charge in [0, 0.05) is 6.04 Å². The molecule has 0 aromatic heterocycles. The normalized spacial score (nSPS) is 29.4. The van der Waals surface area contributed by atoms with E-state index in [1.807, 2.05) is 20.8 Å². The third kappa shape index (κ3) is 2.15. The fourth-order valence-electron chi connectivity index (χ4n) is 2.01. The second-order valence-corrected chi connectivity index (χ2v) is 5.07. The molecule has 0 radical (unpaired) electrons. The van der Waals surface area contributed by atoms with E-state index >= 15 is 0 Å². The minimum absolute atomic E-state index is 0.216. The first kappa shape index (κ1) is 10.5. The van der Waals surface area contributed by atoms with Crippen molar-refractivity contribution in [1.82, 2.24) is 10.2 Å². The van der Waals surface area contributed by atoms with Gasteiger partial charge in [0.05, 0.1) is 12.7 Å². The standard InChI is InChI=1S/C11H18N2O2/c1-11(2,3)15-10(14)13-7-12-8-5-4-6-9(8)13/h4-5,8-9,12H,6-7H2,1-3H3. The van der Waals surface area contributed by atoms with Crippen molar-refractivity contribution in [2.45, 2.75) is 44.9 Å². The summed E-state index contributed by atoms with van der Waals surface area (Å²) in [7, 11) is 0. The fraction of sp³-hybridized carbons (Fsp3) is 0.727. The molecule has 15 heavy (non-hydrogen) atoms. The number of carbonyl (C=O) groups excluding carboxylic acids is 1. The van der Waals surface area contributed by atoms with Crippen LogP contribution in [0.1, 0.15) is 27.2 Å². The van der Waals surface area contributed by atoms with Crippen LogP contribution in [0.25, 0.3) is 0 Å². The Hall–Kier alpha value is -1.03. The van der Waals surface area contributed by atoms with Crippen molar-refractivity contribution in [3.63, 3.8) is 0 Å². The highest BCUT2D eigenvalue weighted by atomic mass is 16.6. The Morgan fingerprint density at radius 1 is 1.53 bits per heavy atom. The lowest BCUT2D eigenvalue weighted by atomic mass is 10.2. The Bertz CT molecular complexity index is 293. The summed E-state index contributed by atoms with van der Waals surface area (Å²) in [6.07, 6.45) is 4.94. The van der Waals surface area contributed by atoms with Crippen molar-refractivity contribution in [3.8, 4) is 0 Å². The Morgan fingerprint density at radius 2 is 2.27 bits per heavy atom. The number of hydrogen-bond donors (Lipinski definition) is 1. The molecule has 4 heteroatoms. The minimum Gasteiger partial charge on any atom is -0.444 e. The monoisotopic (exact) mass is 210 g/mol. The van der Waals surface area contributed by atoms with E-state index in [-0.39, 0.29) is 12.1 Å². The molecule has 0 aromatic rings. The summed E-state index contributed by atoms with van der Waals surface area (Å²) >= 11 is 0. The second-order valence-electron chi connectivity index (χ2n) is 5.07. The lowest BCUT2D eigenvalue weighted by Crippen LogP contribution is -2.41. The zero-order chi connectivity index (χ0) is 11.1. The van der Waals surface area contributed by atoms with Crippen LogP contribution in [0, 0.1) is 0 Å². The zero-order valence-corrected chi connectivity index (χ0v) is 9.49. The lowest BCUT2D eigenvalue weighted by Gasteiger charge is -2.27. The summed E-state index contributed by atoms with van der Waals surface area (Å²) in [4.78, 5) is 13.6. The number of hydrogen-bond acceptors (Lipinski definition) is 3. The average Bonchev–Trinajstić information content (AvgIpc) is 2.57. The molecule has 1 N–H and O–H groups in total. The van der Waals surface area contributed by atoms with E-state index in [0.717, 1.165) is 6.42 Å². The van der Waals surface area contributed by atoms with Gasteiger partial charge in [-0.25, -0.2) is 4.79 Å². The zero-order valence-electron chi connectivity index (χ0n) is 9.49. The molecule has 1 saturated heterocycles. The van der Waals surface area contributed by atoms with E-state index in [2.05, 4.69) is 17.5 Å². The maximum atomic E-state index is 11.8. The van der Waals surface area contributed by atoms with Crippen molar-refractivity contribution in [1.29, 1.82) is 0 Å². The Labute approximate surface area is 90.3 Å². The molecular formula is C11H18N2O2. The van der Waals surface area contributed by atoms with Crippen LogP contribution in [0.2, 0.25) is 0 Å². The number of ether oxygens (including phenoxy) is 1. The van der Waals surface area contributed by atoms with Crippen molar-refractivity contribution in [2.75, 3.05) is 6.67 Å². The molecule has 0 spiro atoms. The number of nitrogens with zero attached hydrogens (tertiary/aromatic N) is 1. The highest BCUT2D eigenvalue weighted by Gasteiger charge is 2.38. The number of rotatable bonds is 0. The Balaban J connectivity index is 1.97. The molecule has 84 valence electrons. The molecule has 1 amide bonds. The predicted molar refractivity (Wildman–Crippen MR) is 57.4 cm³/mol. The van der Waals surface area contributed by atoms with E-state index in [4.69, 9.17) is 4.74 Å². The summed E-state index contributed by atoms with van der Waals surface area (Å²) < 4.78 is 5.35. The molecule has 1 aliphatic carbocycles. The number of amides is 1. The molecule has 0 aromatic carbocycles. The van der Waals surface area contributed by atoms with E-state index in [1.165, 1.54) is 0 Å². The van der Waals surface area contributed by atoms with Crippen molar-refractivity contribution in [2.24, 2.45) is 0 Å². The van der Waals surface area contributed by atoms with Gasteiger partial charge in [-0.05, 0) is 27.2 Å². The van der Waals surface area contributed by atoms with Crippen LogP contribution >= 0.6 is 0 Å². The van der Waals surface area contributed by atoms with Crippen molar-refractivity contribution in [3.05, 3.63) is 12.2 Å². The molecule has 2 aliphatic rings. The molecule has 0 bridgehead atoms. The largest absolute Gasteiger partial charge is 0.444 e. The minimum atomic E-state index is -0.415. The first-order valence-electron chi connectivity index (χ1n) is 5.37. The molecular weight excluding hydrogens is 192 g/mol. The van der Waals surface area contributed by atoms with Gasteiger partial charge >= 0.3 is 6.09 Å². The number of carbonyl (C=O) groups is 1. The van der Waals surface area contributed by atoms with Gasteiger partial charge in [-0.1, -0.05) is 12.2 Å². The maximum absolute atomic E-state index is 11.8. The highest BCUT2D eigenvalue weighted by molar-refractivity contribution is 5.69. The van der Waals surface area contributed by atoms with Crippen molar-refractivity contribution >= 4 is 6.09 Å². The molecule has 2 atom stereocenters. The number of nitrogens with one attached hydrogen (secondary N) is 1. The average molecular weight is 210 g/mol. The third-order valence-electron chi connectivity index (χ3n) is 2.66. The fourth-order valence-corrected chi connectivity index (χ4v) is 2.01. The Morgan fingerprint density at radius 3 is 2.93 bits per heavy atom. The SMILES string of the molecule is CC(C)(C)OC(=O)N1CNC2C=CCC21. The van der Waals surface area contributed by atoms with E-state index in [0.29, 0.717) is 12.7 Å². The third-order valence-corrected chi connectivity index (χ3v) is 2.66. The number of fused-ring (bicyclic) bond motifs is 1. The van der Waals surface area contributed by atoms with Gasteiger partial charge in [-0.15, -0.1) is 0 Å². The quantitative estimate of drug-likeness (QED) is 0.616. The van der Waals surface area contributed by atoms with Crippen LogP contribution in [0.3, 0.4) is 0 Å². The highest BCUT2D eigenvalue weighted by Crippen LogP contribution is 2.24. The van der Waals surface area contributed by atoms with Crippen LogP contribution < -0.4 is 5.32 Å². The van der Waals surface area contributed by atoms with Crippen LogP contribution in [0.5, 0.6) is 0 Å². The van der Waals surface area contributed by atoms with E-state index in [9.17, 15) is 4.79 Å². The maximum Gasteiger partial charge on any atom is 0.411 e. The predicted octanol–water partition coefficient (Wildman–Crippen LogP) is 1.48. The smallest absolute Gasteiger partial charge is 0.411 e. The first-order valence-corrected chi connectivity index (χ1v) is 5.37. The second kappa shape index (κ2) is 3.52. The molecule has 2 rings (SSSR count). The molecule has 1 aliphatic heterocycles. The molecule has 0 saturated carbocycles. The van der Waals surface area contributed by atoms with Crippen LogP contribution in [-0.4, -0.2) is 35.3 Å². The summed E-state index contributed by atoms with van der Waals surface area (Å²) in [5.74, 6) is 0. The Kier molecular flexibility index (Phi) is 2.46. The van der Waals surface area contributed by atoms with Gasteiger partial charge in [0.2, 0.25) is 0 Å². The topological polar surface area (TPSA) is 41.6 Å². The van der Waals surface area contributed by atoms with E-state index in [1.54, 1.807) is 4.90 Å². The van der Waals surface area contributed by atoms with Gasteiger partial charge < -0.3 is 4.74 Å². The van der Waals surface area contributed by atoms with E-state index < -0.39 is 5.60 Å². The summed E-state index contributed by atoms with van der Waals surface area (Å²) in [5, 5.41) is 3.27. The molecule has 4 nitrogen and oxygen atoms in total. The summed E-state index contributed by atoms with van der Waals surface area (Å²) in [6.45, 7) is 6.25. The van der Waals surface area contributed by atoms with Crippen LogP contribution in [0.4, 0.5) is 4.79 Å². The first-order chi connectivity index (χ1) is 6.97. The van der Waals surface area contributed by atoms with Gasteiger partial charge in [0.15, 0.2) is 0 Å². The molecule has 2 unspecified atom stereocenters. The van der Waals surface area contributed by atoms with Gasteiger partial charge in [0.1, 0.15) is 5.60 Å². The summed E-state index contributed by atoms with van der Waals surface area (Å²) in [6, 6.07) is 0.567. The van der Waals surface area contributed by atoms with Gasteiger partial charge in [-0.3, -0.25) is 10.2 Å². The van der Waals surface area contributed by atoms with Gasteiger partial charge in [0.25, 0.3) is 0 Å². The molecule has 1 fully saturated rings.